The van der Waals surface area contributed by atoms with Gasteiger partial charge in [-0.2, -0.15) is 0 Å². The Labute approximate surface area is 131 Å². The summed E-state index contributed by atoms with van der Waals surface area (Å²) < 4.78 is 1.05. The van der Waals surface area contributed by atoms with Gasteiger partial charge in [0.15, 0.2) is 0 Å². The molecule has 1 amide bonds. The lowest BCUT2D eigenvalue weighted by atomic mass is 9.98. The van der Waals surface area contributed by atoms with Crippen LogP contribution in [0.5, 0.6) is 0 Å². The van der Waals surface area contributed by atoms with E-state index >= 15 is 0 Å². The topological polar surface area (TPSA) is 66.4 Å². The van der Waals surface area contributed by atoms with Gasteiger partial charge in [0.25, 0.3) is 0 Å². The predicted octanol–water partition coefficient (Wildman–Crippen LogP) is 3.47. The minimum atomic E-state index is -1.24. The molecule has 0 bridgehead atoms. The molecule has 1 aromatic carbocycles. The number of hydrogen-bond acceptors (Lipinski definition) is 3. The number of fused-ring (bicyclic) bond motifs is 1. The van der Waals surface area contributed by atoms with Gasteiger partial charge in [-0.05, 0) is 47.9 Å². The van der Waals surface area contributed by atoms with Crippen molar-refractivity contribution in [1.29, 1.82) is 0 Å². The van der Waals surface area contributed by atoms with Crippen molar-refractivity contribution in [3.63, 3.8) is 0 Å². The maximum Gasteiger partial charge on any atom is 0.329 e. The zero-order valence-corrected chi connectivity index (χ0v) is 13.3. The Balaban J connectivity index is 2.18. The number of benzene rings is 1. The normalized spacial score (nSPS) is 13.9. The Hall–Kier alpha value is -1.59. The summed E-state index contributed by atoms with van der Waals surface area (Å²) in [6.07, 6.45) is 0.466. The minimum Gasteiger partial charge on any atom is -0.480 e. The Bertz CT molecular complexity index is 697. The highest BCUT2D eigenvalue weighted by atomic mass is 35.5. The van der Waals surface area contributed by atoms with Crippen LogP contribution in [0.15, 0.2) is 23.6 Å². The smallest absolute Gasteiger partial charge is 0.329 e. The fourth-order valence-electron chi connectivity index (χ4n) is 2.01. The molecule has 21 heavy (non-hydrogen) atoms. The van der Waals surface area contributed by atoms with E-state index in [1.165, 1.54) is 18.3 Å². The Kier molecular flexibility index (Phi) is 4.54. The summed E-state index contributed by atoms with van der Waals surface area (Å²) in [7, 11) is 0. The van der Waals surface area contributed by atoms with E-state index in [2.05, 4.69) is 5.32 Å². The van der Waals surface area contributed by atoms with Crippen LogP contribution in [0, 0.1) is 0 Å². The van der Waals surface area contributed by atoms with Crippen molar-refractivity contribution in [2.24, 2.45) is 0 Å². The van der Waals surface area contributed by atoms with Gasteiger partial charge in [-0.3, -0.25) is 4.79 Å². The average Bonchev–Trinajstić information content (AvgIpc) is 2.80. The van der Waals surface area contributed by atoms with Crippen LogP contribution in [0.3, 0.4) is 0 Å². The number of thiophene rings is 1. The molecule has 0 aliphatic rings. The molecule has 1 atom stereocenters. The molecule has 2 rings (SSSR count). The van der Waals surface area contributed by atoms with Crippen molar-refractivity contribution in [2.75, 3.05) is 0 Å². The van der Waals surface area contributed by atoms with Gasteiger partial charge in [0, 0.05) is 9.72 Å². The molecular formula is C15H16ClNO3S. The number of aliphatic carboxylic acids is 1. The quantitative estimate of drug-likeness (QED) is 0.884. The molecule has 112 valence electrons. The van der Waals surface area contributed by atoms with Crippen molar-refractivity contribution >= 4 is 44.9 Å². The van der Waals surface area contributed by atoms with Gasteiger partial charge in [-0.25, -0.2) is 4.79 Å². The molecule has 0 spiro atoms. The molecular weight excluding hydrogens is 310 g/mol. The van der Waals surface area contributed by atoms with Crippen LogP contribution in [0.2, 0.25) is 5.02 Å². The fourth-order valence-corrected chi connectivity index (χ4v) is 3.12. The van der Waals surface area contributed by atoms with Crippen LogP contribution in [0.25, 0.3) is 10.1 Å². The highest BCUT2D eigenvalue weighted by Crippen LogP contribution is 2.29. The molecule has 0 saturated carbocycles. The minimum absolute atomic E-state index is 0.142. The standard InChI is InChI=1S/C15H16ClNO3S/c1-3-15(2,14(19)20)17-13(18)6-9-8-21-12-5-4-10(16)7-11(9)12/h4-5,7-8H,3,6H2,1-2H3,(H,17,18)(H,19,20). The van der Waals surface area contributed by atoms with Crippen LogP contribution in [-0.2, 0) is 16.0 Å². The summed E-state index contributed by atoms with van der Waals surface area (Å²) >= 11 is 7.52. The highest BCUT2D eigenvalue weighted by molar-refractivity contribution is 7.17. The van der Waals surface area contributed by atoms with Gasteiger partial charge in [0.2, 0.25) is 5.91 Å². The van der Waals surface area contributed by atoms with Crippen molar-refractivity contribution < 1.29 is 14.7 Å². The summed E-state index contributed by atoms with van der Waals surface area (Å²) in [6.45, 7) is 3.24. The third kappa shape index (κ3) is 3.36. The second kappa shape index (κ2) is 6.03. The van der Waals surface area contributed by atoms with Crippen LogP contribution in [0.1, 0.15) is 25.8 Å². The van der Waals surface area contributed by atoms with Crippen molar-refractivity contribution in [1.82, 2.24) is 5.32 Å². The van der Waals surface area contributed by atoms with E-state index in [4.69, 9.17) is 11.6 Å². The van der Waals surface area contributed by atoms with Crippen LogP contribution in [-0.4, -0.2) is 22.5 Å². The second-order valence-electron chi connectivity index (χ2n) is 5.12. The van der Waals surface area contributed by atoms with E-state index < -0.39 is 11.5 Å². The van der Waals surface area contributed by atoms with Gasteiger partial charge < -0.3 is 10.4 Å². The van der Waals surface area contributed by atoms with Gasteiger partial charge >= 0.3 is 5.97 Å². The van der Waals surface area contributed by atoms with E-state index in [0.717, 1.165) is 15.6 Å². The number of halogens is 1. The van der Waals surface area contributed by atoms with Crippen molar-refractivity contribution in [3.05, 3.63) is 34.2 Å². The lowest BCUT2D eigenvalue weighted by Gasteiger charge is -2.24. The van der Waals surface area contributed by atoms with Crippen molar-refractivity contribution in [3.8, 4) is 0 Å². The number of amides is 1. The summed E-state index contributed by atoms with van der Waals surface area (Å²) in [5.41, 5.74) is -0.376. The molecule has 0 aliphatic carbocycles. The number of nitrogens with one attached hydrogen (secondary N) is 1. The molecule has 4 nitrogen and oxygen atoms in total. The van der Waals surface area contributed by atoms with E-state index in [1.807, 2.05) is 23.6 Å². The largest absolute Gasteiger partial charge is 0.480 e. The predicted molar refractivity (Wildman–Crippen MR) is 85.0 cm³/mol. The Morgan fingerprint density at radius 3 is 2.76 bits per heavy atom. The molecule has 1 aromatic heterocycles. The molecule has 0 fully saturated rings. The zero-order valence-electron chi connectivity index (χ0n) is 11.8. The van der Waals surface area contributed by atoms with Gasteiger partial charge in [-0.15, -0.1) is 11.3 Å². The second-order valence-corrected chi connectivity index (χ2v) is 6.46. The molecule has 6 heteroatoms. The summed E-state index contributed by atoms with van der Waals surface area (Å²) in [4.78, 5) is 23.3. The zero-order chi connectivity index (χ0) is 15.6. The summed E-state index contributed by atoms with van der Waals surface area (Å²) in [6, 6.07) is 5.55. The summed E-state index contributed by atoms with van der Waals surface area (Å²) in [5.74, 6) is -1.34. The maximum atomic E-state index is 12.1. The average molecular weight is 326 g/mol. The molecule has 1 unspecified atom stereocenters. The molecule has 0 aliphatic heterocycles. The number of hydrogen-bond donors (Lipinski definition) is 2. The molecule has 2 aromatic rings. The number of carbonyl (C=O) groups is 2. The van der Waals surface area contributed by atoms with Gasteiger partial charge in [0.1, 0.15) is 5.54 Å². The first-order valence-electron chi connectivity index (χ1n) is 6.56. The van der Waals surface area contributed by atoms with E-state index in [0.29, 0.717) is 11.4 Å². The molecule has 0 saturated heterocycles. The highest BCUT2D eigenvalue weighted by Gasteiger charge is 2.32. The SMILES string of the molecule is CCC(C)(NC(=O)Cc1csc2ccc(Cl)cc12)C(=O)O. The Morgan fingerprint density at radius 1 is 1.43 bits per heavy atom. The molecule has 1 heterocycles. The van der Waals surface area contributed by atoms with Crippen molar-refractivity contribution in [2.45, 2.75) is 32.2 Å². The lowest BCUT2D eigenvalue weighted by molar-refractivity contribution is -0.146. The lowest BCUT2D eigenvalue weighted by Crippen LogP contribution is -2.52. The molecule has 2 N–H and O–H groups in total. The first-order chi connectivity index (χ1) is 9.85. The first kappa shape index (κ1) is 15.8. The third-order valence-electron chi connectivity index (χ3n) is 3.56. The van der Waals surface area contributed by atoms with Gasteiger partial charge in [0.05, 0.1) is 6.42 Å². The third-order valence-corrected chi connectivity index (χ3v) is 4.81. The molecule has 0 radical (unpaired) electrons. The van der Waals surface area contributed by atoms with Crippen LogP contribution < -0.4 is 5.32 Å². The first-order valence-corrected chi connectivity index (χ1v) is 7.81. The number of rotatable bonds is 5. The number of carboxylic acid groups (broad SMARTS) is 1. The maximum absolute atomic E-state index is 12.1. The van der Waals surface area contributed by atoms with Gasteiger partial charge in [-0.1, -0.05) is 18.5 Å². The summed E-state index contributed by atoms with van der Waals surface area (Å²) in [5, 5.41) is 15.2. The monoisotopic (exact) mass is 325 g/mol. The van der Waals surface area contributed by atoms with E-state index in [9.17, 15) is 14.7 Å². The fraction of sp³-hybridized carbons (Fsp3) is 0.333. The Morgan fingerprint density at radius 2 is 2.14 bits per heavy atom. The van der Waals surface area contributed by atoms with Crippen LogP contribution >= 0.6 is 22.9 Å². The van der Waals surface area contributed by atoms with Crippen LogP contribution in [0.4, 0.5) is 0 Å². The number of carboxylic acids is 1. The number of carbonyl (C=O) groups excluding carboxylic acids is 1. The van der Waals surface area contributed by atoms with E-state index in [-0.39, 0.29) is 12.3 Å². The van der Waals surface area contributed by atoms with E-state index in [1.54, 1.807) is 6.92 Å².